The van der Waals surface area contributed by atoms with Crippen molar-refractivity contribution in [1.29, 1.82) is 0 Å². The summed E-state index contributed by atoms with van der Waals surface area (Å²) < 4.78 is 24.5. The first-order chi connectivity index (χ1) is 16.6. The number of methoxy groups -OCH3 is 1. The number of carbonyl (C=O) groups excluding carboxylic acids is 1. The summed E-state index contributed by atoms with van der Waals surface area (Å²) in [6.07, 6.45) is 2.49. The number of pyridine rings is 1. The Hall–Kier alpha value is -4.03. The number of halogens is 1. The van der Waals surface area contributed by atoms with Gasteiger partial charge < -0.3 is 9.47 Å². The minimum absolute atomic E-state index is 0.0912. The number of aromatic nitrogens is 1. The molecule has 3 aromatic carbocycles. The van der Waals surface area contributed by atoms with Crippen LogP contribution in [-0.4, -0.2) is 30.7 Å². The highest BCUT2D eigenvalue weighted by Crippen LogP contribution is 2.37. The zero-order chi connectivity index (χ0) is 23.8. The van der Waals surface area contributed by atoms with Crippen molar-refractivity contribution in [2.75, 3.05) is 13.7 Å². The van der Waals surface area contributed by atoms with E-state index < -0.39 is 23.4 Å². The number of rotatable bonds is 9. The average molecular weight is 457 g/mol. The fraction of sp³-hybridized carbons (Fsp3) is 0.143. The Morgan fingerprint density at radius 3 is 1.82 bits per heavy atom. The van der Waals surface area contributed by atoms with Gasteiger partial charge in [-0.3, -0.25) is 15.1 Å². The van der Waals surface area contributed by atoms with Gasteiger partial charge in [0.2, 0.25) is 0 Å². The standard InChI is InChI=1S/C28H25FN2O3/c1-33-27(32)26(20-34-25-17-24(29)18-30-19-25)31-28(21-11-5-2-6-12-21,22-13-7-3-8-14-22)23-15-9-4-10-16-23/h2-19,26,31H,20H2,1H3. The minimum Gasteiger partial charge on any atom is -0.490 e. The van der Waals surface area contributed by atoms with Gasteiger partial charge in [0.25, 0.3) is 0 Å². The van der Waals surface area contributed by atoms with E-state index in [1.54, 1.807) is 0 Å². The Labute approximate surface area is 198 Å². The molecule has 0 aliphatic heterocycles. The number of nitrogens with zero attached hydrogens (tertiary/aromatic N) is 1. The Morgan fingerprint density at radius 1 is 0.882 bits per heavy atom. The molecule has 1 heterocycles. The maximum Gasteiger partial charge on any atom is 0.326 e. The fourth-order valence-electron chi connectivity index (χ4n) is 4.04. The van der Waals surface area contributed by atoms with Crippen LogP contribution in [0.5, 0.6) is 5.75 Å². The molecule has 1 unspecified atom stereocenters. The normalized spacial score (nSPS) is 12.1. The molecule has 4 rings (SSSR count). The van der Waals surface area contributed by atoms with E-state index in [1.165, 1.54) is 19.4 Å². The number of hydrogen-bond donors (Lipinski definition) is 1. The second-order valence-corrected chi connectivity index (χ2v) is 7.72. The Balaban J connectivity index is 1.82. The summed E-state index contributed by atoms with van der Waals surface area (Å²) in [4.78, 5) is 16.7. The monoisotopic (exact) mass is 456 g/mol. The molecule has 1 aromatic heterocycles. The van der Waals surface area contributed by atoms with Crippen LogP contribution in [0, 0.1) is 5.82 Å². The van der Waals surface area contributed by atoms with Crippen molar-refractivity contribution in [2.24, 2.45) is 0 Å². The predicted molar refractivity (Wildman–Crippen MR) is 128 cm³/mol. The molecule has 0 aliphatic rings. The molecule has 0 saturated heterocycles. The zero-order valence-electron chi connectivity index (χ0n) is 18.7. The van der Waals surface area contributed by atoms with Crippen LogP contribution in [0.3, 0.4) is 0 Å². The smallest absolute Gasteiger partial charge is 0.326 e. The summed E-state index contributed by atoms with van der Waals surface area (Å²) in [6, 6.07) is 30.0. The van der Waals surface area contributed by atoms with Gasteiger partial charge in [-0.25, -0.2) is 4.39 Å². The van der Waals surface area contributed by atoms with Gasteiger partial charge in [0.05, 0.1) is 25.0 Å². The third-order valence-electron chi connectivity index (χ3n) is 5.59. The topological polar surface area (TPSA) is 60.5 Å². The quantitative estimate of drug-likeness (QED) is 0.292. The maximum absolute atomic E-state index is 13.6. The Morgan fingerprint density at radius 2 is 1.38 bits per heavy atom. The summed E-state index contributed by atoms with van der Waals surface area (Å²) in [5, 5.41) is 3.54. The van der Waals surface area contributed by atoms with Crippen molar-refractivity contribution >= 4 is 5.97 Å². The highest BCUT2D eigenvalue weighted by atomic mass is 19.1. The first-order valence-corrected chi connectivity index (χ1v) is 10.9. The first-order valence-electron chi connectivity index (χ1n) is 10.9. The lowest BCUT2D eigenvalue weighted by molar-refractivity contribution is -0.144. The van der Waals surface area contributed by atoms with E-state index in [2.05, 4.69) is 10.3 Å². The van der Waals surface area contributed by atoms with Crippen LogP contribution in [0.4, 0.5) is 4.39 Å². The summed E-state index contributed by atoms with van der Waals surface area (Å²) in [7, 11) is 1.33. The van der Waals surface area contributed by atoms with Crippen molar-refractivity contribution in [3.05, 3.63) is 132 Å². The van der Waals surface area contributed by atoms with Crippen LogP contribution in [0.2, 0.25) is 0 Å². The molecule has 1 atom stereocenters. The molecule has 0 aliphatic carbocycles. The van der Waals surface area contributed by atoms with Gasteiger partial charge in [-0.1, -0.05) is 91.0 Å². The number of esters is 1. The SMILES string of the molecule is COC(=O)C(COc1cncc(F)c1)NC(c1ccccc1)(c1ccccc1)c1ccccc1. The van der Waals surface area contributed by atoms with Gasteiger partial charge >= 0.3 is 5.97 Å². The molecule has 0 fully saturated rings. The van der Waals surface area contributed by atoms with E-state index in [9.17, 15) is 9.18 Å². The summed E-state index contributed by atoms with van der Waals surface area (Å²) >= 11 is 0. The van der Waals surface area contributed by atoms with Gasteiger partial charge in [0.15, 0.2) is 0 Å². The van der Waals surface area contributed by atoms with Crippen molar-refractivity contribution in [3.8, 4) is 5.75 Å². The molecule has 5 nitrogen and oxygen atoms in total. The lowest BCUT2D eigenvalue weighted by Gasteiger charge is -2.39. The zero-order valence-corrected chi connectivity index (χ0v) is 18.7. The lowest BCUT2D eigenvalue weighted by atomic mass is 9.76. The highest BCUT2D eigenvalue weighted by Gasteiger charge is 2.40. The molecular weight excluding hydrogens is 431 g/mol. The van der Waals surface area contributed by atoms with Gasteiger partial charge in [0, 0.05) is 6.07 Å². The fourth-order valence-corrected chi connectivity index (χ4v) is 4.04. The van der Waals surface area contributed by atoms with Gasteiger partial charge in [-0.2, -0.15) is 0 Å². The van der Waals surface area contributed by atoms with Crippen molar-refractivity contribution < 1.29 is 18.7 Å². The van der Waals surface area contributed by atoms with E-state index in [-0.39, 0.29) is 12.4 Å². The molecule has 0 bridgehead atoms. The number of benzene rings is 3. The van der Waals surface area contributed by atoms with Gasteiger partial charge in [-0.05, 0) is 16.7 Å². The summed E-state index contributed by atoms with van der Waals surface area (Å²) in [6.45, 7) is -0.0912. The Kier molecular flexibility index (Phi) is 7.30. The maximum atomic E-state index is 13.6. The van der Waals surface area contributed by atoms with E-state index in [4.69, 9.17) is 9.47 Å². The van der Waals surface area contributed by atoms with Crippen molar-refractivity contribution in [2.45, 2.75) is 11.6 Å². The molecule has 0 radical (unpaired) electrons. The van der Waals surface area contributed by atoms with Crippen LogP contribution in [0.15, 0.2) is 109 Å². The second kappa shape index (κ2) is 10.7. The van der Waals surface area contributed by atoms with E-state index in [0.29, 0.717) is 0 Å². The van der Waals surface area contributed by atoms with E-state index >= 15 is 0 Å². The third kappa shape index (κ3) is 4.97. The molecule has 0 saturated carbocycles. The summed E-state index contributed by atoms with van der Waals surface area (Å²) in [5.74, 6) is -0.802. The molecule has 0 spiro atoms. The van der Waals surface area contributed by atoms with Crippen LogP contribution < -0.4 is 10.1 Å². The predicted octanol–water partition coefficient (Wildman–Crippen LogP) is 4.72. The molecule has 4 aromatic rings. The van der Waals surface area contributed by atoms with Crippen LogP contribution in [0.1, 0.15) is 16.7 Å². The largest absolute Gasteiger partial charge is 0.490 e. The average Bonchev–Trinajstić information content (AvgIpc) is 2.90. The van der Waals surface area contributed by atoms with Crippen molar-refractivity contribution in [1.82, 2.24) is 10.3 Å². The number of carbonyl (C=O) groups is 1. The number of hydrogen-bond acceptors (Lipinski definition) is 5. The molecular formula is C28H25FN2O3. The molecule has 0 amide bonds. The van der Waals surface area contributed by atoms with Crippen molar-refractivity contribution in [3.63, 3.8) is 0 Å². The van der Waals surface area contributed by atoms with Crippen LogP contribution in [0.25, 0.3) is 0 Å². The number of ether oxygens (including phenoxy) is 2. The van der Waals surface area contributed by atoms with Crippen LogP contribution >= 0.6 is 0 Å². The lowest BCUT2D eigenvalue weighted by Crippen LogP contribution is -2.55. The van der Waals surface area contributed by atoms with E-state index in [1.807, 2.05) is 91.0 Å². The molecule has 34 heavy (non-hydrogen) atoms. The second-order valence-electron chi connectivity index (χ2n) is 7.72. The molecule has 1 N–H and O–H groups in total. The highest BCUT2D eigenvalue weighted by molar-refractivity contribution is 5.76. The van der Waals surface area contributed by atoms with Gasteiger partial charge in [-0.15, -0.1) is 0 Å². The minimum atomic E-state index is -0.897. The van der Waals surface area contributed by atoms with Crippen LogP contribution in [-0.2, 0) is 15.1 Å². The molecule has 6 heteroatoms. The first kappa shape index (κ1) is 23.1. The summed E-state index contributed by atoms with van der Waals surface area (Å²) in [5.41, 5.74) is 1.92. The van der Waals surface area contributed by atoms with Gasteiger partial charge in [0.1, 0.15) is 24.2 Å². The third-order valence-corrected chi connectivity index (χ3v) is 5.59. The van der Waals surface area contributed by atoms with E-state index in [0.717, 1.165) is 22.9 Å². The number of nitrogens with one attached hydrogen (secondary N) is 1. The molecule has 172 valence electrons. The Bertz CT molecular complexity index is 1110.